The van der Waals surface area contributed by atoms with E-state index in [9.17, 15) is 14.3 Å². The quantitative estimate of drug-likeness (QED) is 0.789. The smallest absolute Gasteiger partial charge is 0.223 e. The molecule has 0 radical (unpaired) electrons. The number of aliphatic hydroxyl groups is 1. The maximum atomic E-state index is 14.3. The number of pyridine rings is 1. The van der Waals surface area contributed by atoms with Crippen molar-refractivity contribution >= 4 is 5.91 Å². The third kappa shape index (κ3) is 4.40. The Morgan fingerprint density at radius 2 is 2.00 bits per heavy atom. The van der Waals surface area contributed by atoms with Crippen molar-refractivity contribution in [3.63, 3.8) is 0 Å². The number of carbonyl (C=O) groups excluding carboxylic acids is 1. The van der Waals surface area contributed by atoms with Crippen molar-refractivity contribution in [1.29, 1.82) is 0 Å². The molecule has 6 heteroatoms. The number of nitrogens with one attached hydrogen (secondary N) is 1. The van der Waals surface area contributed by atoms with Crippen LogP contribution in [0.15, 0.2) is 48.8 Å². The summed E-state index contributed by atoms with van der Waals surface area (Å²) in [7, 11) is 0. The van der Waals surface area contributed by atoms with Crippen LogP contribution in [0.1, 0.15) is 56.2 Å². The van der Waals surface area contributed by atoms with Crippen LogP contribution < -0.4 is 5.32 Å². The van der Waals surface area contributed by atoms with Crippen molar-refractivity contribution in [3.05, 3.63) is 65.7 Å². The molecule has 1 aliphatic carbocycles. The Bertz CT molecular complexity index is 868. The second-order valence-corrected chi connectivity index (χ2v) is 8.87. The van der Waals surface area contributed by atoms with Gasteiger partial charge < -0.3 is 10.4 Å². The summed E-state index contributed by atoms with van der Waals surface area (Å²) in [6.07, 6.45) is 7.29. The molecular weight excluding hydrogens is 381 g/mol. The zero-order valence-electron chi connectivity index (χ0n) is 17.4. The lowest BCUT2D eigenvalue weighted by Crippen LogP contribution is -2.62. The summed E-state index contributed by atoms with van der Waals surface area (Å²) in [4.78, 5) is 19.0. The van der Waals surface area contributed by atoms with Crippen LogP contribution in [0.5, 0.6) is 0 Å². The molecule has 1 aromatic heterocycles. The van der Waals surface area contributed by atoms with E-state index in [4.69, 9.17) is 0 Å². The Hall–Kier alpha value is -2.31. The third-order valence-electron chi connectivity index (χ3n) is 6.68. The number of amides is 1. The van der Waals surface area contributed by atoms with Gasteiger partial charge in [-0.15, -0.1) is 0 Å². The average molecular weight is 412 g/mol. The van der Waals surface area contributed by atoms with E-state index in [2.05, 4.69) is 15.2 Å². The van der Waals surface area contributed by atoms with Crippen molar-refractivity contribution in [2.45, 2.75) is 63.3 Å². The molecule has 1 aliphatic heterocycles. The highest BCUT2D eigenvalue weighted by atomic mass is 19.1. The maximum Gasteiger partial charge on any atom is 0.223 e. The summed E-state index contributed by atoms with van der Waals surface area (Å²) in [5.74, 6) is -0.297. The Balaban J connectivity index is 1.66. The second kappa shape index (κ2) is 8.82. The van der Waals surface area contributed by atoms with Crippen molar-refractivity contribution in [3.8, 4) is 0 Å². The SMILES string of the molecule is CC1(O)CCN(Cc2ccncc2F)C(c2ccccc2)C1NC(=O)C1CCCC1. The monoisotopic (exact) mass is 411 g/mol. The van der Waals surface area contributed by atoms with E-state index in [1.54, 1.807) is 19.2 Å². The molecule has 2 N–H and O–H groups in total. The molecule has 30 heavy (non-hydrogen) atoms. The summed E-state index contributed by atoms with van der Waals surface area (Å²) in [6.45, 7) is 2.79. The Morgan fingerprint density at radius 3 is 2.70 bits per heavy atom. The predicted molar refractivity (Wildman–Crippen MR) is 113 cm³/mol. The highest BCUT2D eigenvalue weighted by Gasteiger charge is 2.46. The molecule has 1 saturated heterocycles. The number of likely N-dealkylation sites (tertiary alicyclic amines) is 1. The minimum absolute atomic E-state index is 0.0187. The fourth-order valence-corrected chi connectivity index (χ4v) is 4.89. The number of rotatable bonds is 5. The highest BCUT2D eigenvalue weighted by Crippen LogP contribution is 2.38. The van der Waals surface area contributed by atoms with E-state index in [0.29, 0.717) is 25.1 Å². The standard InChI is InChI=1S/C24H30FN3O2/c1-24(30)12-14-28(16-19-11-13-26-15-20(19)25)21(17-7-3-2-4-8-17)22(24)27-23(29)18-9-5-6-10-18/h2-4,7-8,11,13,15,18,21-22,30H,5-6,9-10,12,14,16H2,1H3,(H,27,29). The normalized spacial score (nSPS) is 27.8. The summed E-state index contributed by atoms with van der Waals surface area (Å²) in [5, 5.41) is 14.5. The number of piperidine rings is 1. The molecule has 2 fully saturated rings. The summed E-state index contributed by atoms with van der Waals surface area (Å²) >= 11 is 0. The van der Waals surface area contributed by atoms with Gasteiger partial charge in [-0.25, -0.2) is 4.39 Å². The van der Waals surface area contributed by atoms with Gasteiger partial charge in [-0.3, -0.25) is 14.7 Å². The molecule has 2 aromatic rings. The lowest BCUT2D eigenvalue weighted by Gasteiger charge is -2.49. The van der Waals surface area contributed by atoms with Gasteiger partial charge in [0.2, 0.25) is 5.91 Å². The van der Waals surface area contributed by atoms with Gasteiger partial charge in [0, 0.05) is 30.8 Å². The molecule has 0 bridgehead atoms. The molecule has 2 aliphatic rings. The highest BCUT2D eigenvalue weighted by molar-refractivity contribution is 5.79. The van der Waals surface area contributed by atoms with Gasteiger partial charge >= 0.3 is 0 Å². The summed E-state index contributed by atoms with van der Waals surface area (Å²) in [6, 6.07) is 10.8. The minimum atomic E-state index is -1.05. The summed E-state index contributed by atoms with van der Waals surface area (Å²) in [5.41, 5.74) is 0.513. The largest absolute Gasteiger partial charge is 0.388 e. The molecule has 4 rings (SSSR count). The lowest BCUT2D eigenvalue weighted by molar-refractivity contribution is -0.132. The molecule has 2 heterocycles. The zero-order chi connectivity index (χ0) is 21.1. The Labute approximate surface area is 177 Å². The molecule has 1 aromatic carbocycles. The molecule has 5 nitrogen and oxygen atoms in total. The number of carbonyl (C=O) groups is 1. The zero-order valence-corrected chi connectivity index (χ0v) is 17.4. The van der Waals surface area contributed by atoms with Crippen LogP contribution in [-0.2, 0) is 11.3 Å². The van der Waals surface area contributed by atoms with Crippen LogP contribution in [-0.4, -0.2) is 39.1 Å². The van der Waals surface area contributed by atoms with Crippen molar-refractivity contribution < 1.29 is 14.3 Å². The average Bonchev–Trinajstić information content (AvgIpc) is 3.28. The molecule has 160 valence electrons. The van der Waals surface area contributed by atoms with E-state index in [-0.39, 0.29) is 23.7 Å². The van der Waals surface area contributed by atoms with Crippen LogP contribution in [0.25, 0.3) is 0 Å². The van der Waals surface area contributed by atoms with E-state index in [0.717, 1.165) is 31.2 Å². The first-order valence-corrected chi connectivity index (χ1v) is 10.9. The van der Waals surface area contributed by atoms with Gasteiger partial charge in [-0.05, 0) is 37.8 Å². The van der Waals surface area contributed by atoms with Gasteiger partial charge in [0.15, 0.2) is 0 Å². The Morgan fingerprint density at radius 1 is 1.27 bits per heavy atom. The van der Waals surface area contributed by atoms with E-state index in [1.165, 1.54) is 6.20 Å². The van der Waals surface area contributed by atoms with E-state index >= 15 is 0 Å². The van der Waals surface area contributed by atoms with Gasteiger partial charge in [-0.1, -0.05) is 43.2 Å². The maximum absolute atomic E-state index is 14.3. The number of aromatic nitrogens is 1. The first kappa shape index (κ1) is 20.9. The van der Waals surface area contributed by atoms with Gasteiger partial charge in [0.1, 0.15) is 5.82 Å². The molecular formula is C24H30FN3O2. The van der Waals surface area contributed by atoms with Gasteiger partial charge in [-0.2, -0.15) is 0 Å². The summed E-state index contributed by atoms with van der Waals surface area (Å²) < 4.78 is 14.3. The molecule has 3 atom stereocenters. The third-order valence-corrected chi connectivity index (χ3v) is 6.68. The number of benzene rings is 1. The first-order chi connectivity index (χ1) is 14.5. The number of hydrogen-bond donors (Lipinski definition) is 2. The van der Waals surface area contributed by atoms with E-state index in [1.807, 2.05) is 30.3 Å². The first-order valence-electron chi connectivity index (χ1n) is 10.9. The number of halogens is 1. The van der Waals surface area contributed by atoms with Crippen LogP contribution in [0.3, 0.4) is 0 Å². The molecule has 1 saturated carbocycles. The van der Waals surface area contributed by atoms with Crippen LogP contribution >= 0.6 is 0 Å². The van der Waals surface area contributed by atoms with Crippen molar-refractivity contribution in [2.75, 3.05) is 6.54 Å². The van der Waals surface area contributed by atoms with Crippen molar-refractivity contribution in [1.82, 2.24) is 15.2 Å². The van der Waals surface area contributed by atoms with E-state index < -0.39 is 11.6 Å². The molecule has 0 spiro atoms. The lowest BCUT2D eigenvalue weighted by atomic mass is 9.79. The second-order valence-electron chi connectivity index (χ2n) is 8.87. The van der Waals surface area contributed by atoms with Crippen LogP contribution in [0, 0.1) is 11.7 Å². The number of hydrogen-bond acceptors (Lipinski definition) is 4. The Kier molecular flexibility index (Phi) is 6.16. The van der Waals surface area contributed by atoms with Crippen molar-refractivity contribution in [2.24, 2.45) is 5.92 Å². The fraction of sp³-hybridized carbons (Fsp3) is 0.500. The number of nitrogens with zero attached hydrogens (tertiary/aromatic N) is 2. The van der Waals surface area contributed by atoms with Crippen LogP contribution in [0.2, 0.25) is 0 Å². The topological polar surface area (TPSA) is 65.5 Å². The predicted octanol–water partition coefficient (Wildman–Crippen LogP) is 3.59. The van der Waals surface area contributed by atoms with Gasteiger partial charge in [0.05, 0.1) is 23.9 Å². The minimum Gasteiger partial charge on any atom is -0.388 e. The molecule has 3 unspecified atom stereocenters. The molecule has 1 amide bonds. The van der Waals surface area contributed by atoms with Gasteiger partial charge in [0.25, 0.3) is 0 Å². The fourth-order valence-electron chi connectivity index (χ4n) is 4.89. The van der Waals surface area contributed by atoms with Crippen LogP contribution in [0.4, 0.5) is 4.39 Å².